The van der Waals surface area contributed by atoms with Gasteiger partial charge in [0.2, 0.25) is 0 Å². The Morgan fingerprint density at radius 2 is 2.07 bits per heavy atom. The van der Waals surface area contributed by atoms with E-state index in [1.165, 1.54) is 6.07 Å². The summed E-state index contributed by atoms with van der Waals surface area (Å²) >= 11 is 0. The first-order chi connectivity index (χ1) is 6.98. The van der Waals surface area contributed by atoms with Crippen LogP contribution < -0.4 is 0 Å². The van der Waals surface area contributed by atoms with Crippen molar-refractivity contribution in [1.82, 2.24) is 4.98 Å². The molecule has 2 aromatic rings. The van der Waals surface area contributed by atoms with Gasteiger partial charge in [-0.05, 0) is 30.7 Å². The predicted molar refractivity (Wildman–Crippen MR) is 56.3 cm³/mol. The molecule has 0 aliphatic heterocycles. The van der Waals surface area contributed by atoms with Gasteiger partial charge in [0.25, 0.3) is 10.1 Å². The van der Waals surface area contributed by atoms with Crippen LogP contribution in [0.5, 0.6) is 0 Å². The molecule has 2 rings (SSSR count). The first kappa shape index (κ1) is 10.1. The molecule has 0 saturated heterocycles. The minimum absolute atomic E-state index is 0.101. The number of hydrogen-bond donors (Lipinski definition) is 1. The number of fused-ring (bicyclic) bond motifs is 1. The Labute approximate surface area is 87.3 Å². The van der Waals surface area contributed by atoms with E-state index in [0.717, 1.165) is 5.56 Å². The number of aromatic nitrogens is 1. The van der Waals surface area contributed by atoms with Crippen molar-refractivity contribution in [2.24, 2.45) is 0 Å². The van der Waals surface area contributed by atoms with Crippen LogP contribution in [0.3, 0.4) is 0 Å². The van der Waals surface area contributed by atoms with Gasteiger partial charge in [0, 0.05) is 11.6 Å². The SMILES string of the molecule is Cc1cnc2cccc(S(=O)(=O)O)c2c1. The maximum Gasteiger partial charge on any atom is 0.295 e. The summed E-state index contributed by atoms with van der Waals surface area (Å²) in [6, 6.07) is 6.29. The molecule has 78 valence electrons. The average Bonchev–Trinajstić information content (AvgIpc) is 2.15. The number of hydrogen-bond acceptors (Lipinski definition) is 3. The highest BCUT2D eigenvalue weighted by molar-refractivity contribution is 7.86. The molecule has 4 nitrogen and oxygen atoms in total. The summed E-state index contributed by atoms with van der Waals surface area (Å²) < 4.78 is 31.2. The molecule has 0 atom stereocenters. The summed E-state index contributed by atoms with van der Waals surface area (Å²) in [6.45, 7) is 1.81. The zero-order valence-electron chi connectivity index (χ0n) is 8.01. The third-order valence-electron chi connectivity index (χ3n) is 2.10. The third kappa shape index (κ3) is 1.84. The molecule has 0 fully saturated rings. The molecule has 0 amide bonds. The topological polar surface area (TPSA) is 67.3 Å². The predicted octanol–water partition coefficient (Wildman–Crippen LogP) is 1.79. The van der Waals surface area contributed by atoms with E-state index in [0.29, 0.717) is 10.9 Å². The first-order valence-electron chi connectivity index (χ1n) is 4.31. The number of aryl methyl sites for hydroxylation is 1. The van der Waals surface area contributed by atoms with Crippen LogP contribution in [0.15, 0.2) is 35.4 Å². The Kier molecular flexibility index (Phi) is 2.21. The van der Waals surface area contributed by atoms with Gasteiger partial charge in [0.05, 0.1) is 5.52 Å². The van der Waals surface area contributed by atoms with Crippen molar-refractivity contribution in [3.63, 3.8) is 0 Å². The molecule has 1 aromatic heterocycles. The maximum atomic E-state index is 11.1. The van der Waals surface area contributed by atoms with Crippen LogP contribution in [-0.2, 0) is 10.1 Å². The third-order valence-corrected chi connectivity index (χ3v) is 3.01. The van der Waals surface area contributed by atoms with Gasteiger partial charge in [-0.3, -0.25) is 9.54 Å². The Morgan fingerprint density at radius 3 is 2.73 bits per heavy atom. The van der Waals surface area contributed by atoms with Gasteiger partial charge >= 0.3 is 0 Å². The molecule has 0 radical (unpaired) electrons. The molecule has 0 unspecified atom stereocenters. The van der Waals surface area contributed by atoms with Crippen molar-refractivity contribution >= 4 is 21.0 Å². The minimum atomic E-state index is -4.19. The van der Waals surface area contributed by atoms with Crippen LogP contribution in [0.1, 0.15) is 5.56 Å². The van der Waals surface area contributed by atoms with E-state index in [-0.39, 0.29) is 4.90 Å². The minimum Gasteiger partial charge on any atom is -0.282 e. The van der Waals surface area contributed by atoms with E-state index in [9.17, 15) is 8.42 Å². The lowest BCUT2D eigenvalue weighted by molar-refractivity contribution is 0.484. The molecule has 15 heavy (non-hydrogen) atoms. The lowest BCUT2D eigenvalue weighted by Crippen LogP contribution is -1.99. The summed E-state index contributed by atoms with van der Waals surface area (Å²) in [7, 11) is -4.19. The number of rotatable bonds is 1. The summed E-state index contributed by atoms with van der Waals surface area (Å²) in [5.41, 5.74) is 1.40. The van der Waals surface area contributed by atoms with Gasteiger partial charge in [-0.2, -0.15) is 8.42 Å². The Morgan fingerprint density at radius 1 is 1.33 bits per heavy atom. The molecule has 0 aliphatic rings. The lowest BCUT2D eigenvalue weighted by Gasteiger charge is -2.03. The standard InChI is InChI=1S/C10H9NO3S/c1-7-5-8-9(11-6-7)3-2-4-10(8)15(12,13)14/h2-6H,1H3,(H,12,13,14). The number of nitrogens with zero attached hydrogens (tertiary/aromatic N) is 1. The van der Waals surface area contributed by atoms with Crippen molar-refractivity contribution in [2.45, 2.75) is 11.8 Å². The van der Waals surface area contributed by atoms with E-state index in [1.54, 1.807) is 24.4 Å². The molecular formula is C10H9NO3S. The van der Waals surface area contributed by atoms with Gasteiger partial charge in [-0.25, -0.2) is 0 Å². The molecule has 1 aromatic carbocycles. The fourth-order valence-electron chi connectivity index (χ4n) is 1.45. The van der Waals surface area contributed by atoms with Gasteiger partial charge in [-0.1, -0.05) is 6.07 Å². The molecule has 5 heteroatoms. The van der Waals surface area contributed by atoms with E-state index in [2.05, 4.69) is 4.98 Å². The maximum absolute atomic E-state index is 11.1. The molecule has 1 N–H and O–H groups in total. The van der Waals surface area contributed by atoms with E-state index in [4.69, 9.17) is 4.55 Å². The fourth-order valence-corrected chi connectivity index (χ4v) is 2.14. The Hall–Kier alpha value is -1.46. The molecular weight excluding hydrogens is 214 g/mol. The van der Waals surface area contributed by atoms with Crippen LogP contribution in [0.4, 0.5) is 0 Å². The van der Waals surface area contributed by atoms with Crippen molar-refractivity contribution in [2.75, 3.05) is 0 Å². The van der Waals surface area contributed by atoms with Gasteiger partial charge in [0.15, 0.2) is 0 Å². The average molecular weight is 223 g/mol. The van der Waals surface area contributed by atoms with E-state index in [1.807, 2.05) is 6.92 Å². The second-order valence-electron chi connectivity index (χ2n) is 3.31. The summed E-state index contributed by atoms with van der Waals surface area (Å²) in [6.07, 6.45) is 1.65. The van der Waals surface area contributed by atoms with Crippen molar-refractivity contribution in [1.29, 1.82) is 0 Å². The number of pyridine rings is 1. The smallest absolute Gasteiger partial charge is 0.282 e. The summed E-state index contributed by atoms with van der Waals surface area (Å²) in [5, 5.41) is 0.444. The molecule has 0 bridgehead atoms. The zero-order valence-corrected chi connectivity index (χ0v) is 8.82. The van der Waals surface area contributed by atoms with E-state index >= 15 is 0 Å². The van der Waals surface area contributed by atoms with Crippen molar-refractivity contribution in [3.8, 4) is 0 Å². The quantitative estimate of drug-likeness (QED) is 0.748. The largest absolute Gasteiger partial charge is 0.295 e. The van der Waals surface area contributed by atoms with Crippen LogP contribution in [-0.4, -0.2) is 18.0 Å². The highest BCUT2D eigenvalue weighted by Gasteiger charge is 2.13. The van der Waals surface area contributed by atoms with Crippen LogP contribution in [0.2, 0.25) is 0 Å². The van der Waals surface area contributed by atoms with E-state index < -0.39 is 10.1 Å². The zero-order chi connectivity index (χ0) is 11.1. The highest BCUT2D eigenvalue weighted by Crippen LogP contribution is 2.21. The van der Waals surface area contributed by atoms with Crippen LogP contribution in [0.25, 0.3) is 10.9 Å². The second kappa shape index (κ2) is 3.29. The lowest BCUT2D eigenvalue weighted by atomic mass is 10.2. The first-order valence-corrected chi connectivity index (χ1v) is 5.75. The number of benzene rings is 1. The Bertz CT molecular complexity index is 620. The highest BCUT2D eigenvalue weighted by atomic mass is 32.2. The Balaban J connectivity index is 2.92. The summed E-state index contributed by atoms with van der Waals surface area (Å²) in [4.78, 5) is 3.98. The van der Waals surface area contributed by atoms with Gasteiger partial charge < -0.3 is 0 Å². The van der Waals surface area contributed by atoms with Crippen LogP contribution >= 0.6 is 0 Å². The fraction of sp³-hybridized carbons (Fsp3) is 0.100. The summed E-state index contributed by atoms with van der Waals surface area (Å²) in [5.74, 6) is 0. The van der Waals surface area contributed by atoms with Crippen LogP contribution in [0, 0.1) is 6.92 Å². The second-order valence-corrected chi connectivity index (χ2v) is 4.70. The van der Waals surface area contributed by atoms with Gasteiger partial charge in [-0.15, -0.1) is 0 Å². The van der Waals surface area contributed by atoms with Gasteiger partial charge in [0.1, 0.15) is 4.90 Å². The normalized spacial score (nSPS) is 11.9. The van der Waals surface area contributed by atoms with Crippen molar-refractivity contribution < 1.29 is 13.0 Å². The molecule has 0 saturated carbocycles. The monoisotopic (exact) mass is 223 g/mol. The van der Waals surface area contributed by atoms with Crippen molar-refractivity contribution in [3.05, 3.63) is 36.0 Å². The molecule has 0 aliphatic carbocycles. The molecule has 0 spiro atoms. The molecule has 1 heterocycles.